The second-order valence-electron chi connectivity index (χ2n) is 10.8. The number of halogens is 6. The van der Waals surface area contributed by atoms with Crippen molar-refractivity contribution in [3.8, 4) is 17.2 Å². The molecule has 2 aliphatic rings. The van der Waals surface area contributed by atoms with E-state index >= 15 is 4.39 Å². The van der Waals surface area contributed by atoms with Crippen molar-refractivity contribution >= 4 is 21.4 Å². The van der Waals surface area contributed by atoms with Crippen LogP contribution >= 0.6 is 11.3 Å². The second kappa shape index (κ2) is 12.7. The van der Waals surface area contributed by atoms with Crippen molar-refractivity contribution in [3.63, 3.8) is 0 Å². The summed E-state index contributed by atoms with van der Waals surface area (Å²) >= 11 is 1.53. The van der Waals surface area contributed by atoms with Gasteiger partial charge in [-0.05, 0) is 80.9 Å². The molecule has 1 aliphatic carbocycles. The SMILES string of the molecule is CCCOc1ccc2c(F)c(C3CCC(C4CCC(COc5cc(F)c(OC(F)(F)F)c(F)c5)OC4)CC3)sc2c1. The number of fused-ring (bicyclic) bond motifs is 1. The molecule has 1 aromatic heterocycles. The van der Waals surface area contributed by atoms with Crippen LogP contribution in [0.3, 0.4) is 0 Å². The van der Waals surface area contributed by atoms with Crippen LogP contribution in [0.4, 0.5) is 26.3 Å². The van der Waals surface area contributed by atoms with Crippen LogP contribution in [0.25, 0.3) is 10.1 Å². The summed E-state index contributed by atoms with van der Waals surface area (Å²) in [4.78, 5) is 0.828. The smallest absolute Gasteiger partial charge is 0.494 e. The Hall–Kier alpha value is -2.66. The Morgan fingerprint density at radius 2 is 1.59 bits per heavy atom. The molecule has 11 heteroatoms. The van der Waals surface area contributed by atoms with Gasteiger partial charge in [-0.2, -0.15) is 0 Å². The molecule has 4 nitrogen and oxygen atoms in total. The molecule has 41 heavy (non-hydrogen) atoms. The Kier molecular flexibility index (Phi) is 9.23. The Labute approximate surface area is 238 Å². The summed E-state index contributed by atoms with van der Waals surface area (Å²) in [6, 6.07) is 6.89. The number of hydrogen-bond acceptors (Lipinski definition) is 5. The van der Waals surface area contributed by atoms with E-state index in [4.69, 9.17) is 14.2 Å². The van der Waals surface area contributed by atoms with Gasteiger partial charge < -0.3 is 18.9 Å². The van der Waals surface area contributed by atoms with Crippen LogP contribution in [-0.4, -0.2) is 32.3 Å². The largest absolute Gasteiger partial charge is 0.573 e. The van der Waals surface area contributed by atoms with Crippen molar-refractivity contribution in [2.24, 2.45) is 11.8 Å². The lowest BCUT2D eigenvalue weighted by Crippen LogP contribution is -2.35. The molecule has 0 bridgehead atoms. The number of ether oxygens (including phenoxy) is 4. The molecule has 0 radical (unpaired) electrons. The van der Waals surface area contributed by atoms with Crippen LogP contribution in [0.15, 0.2) is 30.3 Å². The van der Waals surface area contributed by atoms with Gasteiger partial charge in [0.2, 0.25) is 5.75 Å². The third-order valence-electron chi connectivity index (χ3n) is 7.94. The highest BCUT2D eigenvalue weighted by Gasteiger charge is 2.35. The van der Waals surface area contributed by atoms with Crippen molar-refractivity contribution in [2.75, 3.05) is 19.8 Å². The normalized spacial score (nSPS) is 23.5. The fraction of sp³-hybridized carbons (Fsp3) is 0.533. The summed E-state index contributed by atoms with van der Waals surface area (Å²) in [7, 11) is 0. The van der Waals surface area contributed by atoms with Gasteiger partial charge in [0.1, 0.15) is 23.9 Å². The Morgan fingerprint density at radius 3 is 2.22 bits per heavy atom. The summed E-state index contributed by atoms with van der Waals surface area (Å²) in [5, 5.41) is 0.654. The van der Waals surface area contributed by atoms with E-state index in [1.54, 1.807) is 0 Å². The average Bonchev–Trinajstić information content (AvgIpc) is 3.28. The molecule has 0 N–H and O–H groups in total. The van der Waals surface area contributed by atoms with E-state index < -0.39 is 23.7 Å². The van der Waals surface area contributed by atoms with E-state index in [-0.39, 0.29) is 30.2 Å². The molecule has 1 saturated carbocycles. The van der Waals surface area contributed by atoms with E-state index in [1.807, 2.05) is 25.1 Å². The van der Waals surface area contributed by atoms with Gasteiger partial charge in [0.25, 0.3) is 0 Å². The zero-order valence-corrected chi connectivity index (χ0v) is 23.4. The summed E-state index contributed by atoms with van der Waals surface area (Å²) in [5.74, 6) is -3.06. The van der Waals surface area contributed by atoms with Crippen molar-refractivity contribution in [3.05, 3.63) is 52.7 Å². The zero-order chi connectivity index (χ0) is 29.1. The molecule has 224 valence electrons. The molecule has 2 atom stereocenters. The van der Waals surface area contributed by atoms with Crippen LogP contribution in [0.1, 0.15) is 62.7 Å². The summed E-state index contributed by atoms with van der Waals surface area (Å²) in [6.45, 7) is 3.23. The fourth-order valence-corrected chi connectivity index (χ4v) is 7.12. The van der Waals surface area contributed by atoms with E-state index in [0.29, 0.717) is 49.0 Å². The molecule has 2 fully saturated rings. The lowest BCUT2D eigenvalue weighted by molar-refractivity contribution is -0.276. The van der Waals surface area contributed by atoms with E-state index in [2.05, 4.69) is 4.74 Å². The molecule has 0 amide bonds. The van der Waals surface area contributed by atoms with Crippen molar-refractivity contribution < 1.29 is 45.3 Å². The lowest BCUT2D eigenvalue weighted by atomic mass is 9.73. The van der Waals surface area contributed by atoms with Gasteiger partial charge in [-0.15, -0.1) is 24.5 Å². The van der Waals surface area contributed by atoms with Crippen molar-refractivity contribution in [1.29, 1.82) is 0 Å². The Bertz CT molecular complexity index is 1300. The molecule has 2 aromatic carbocycles. The minimum Gasteiger partial charge on any atom is -0.494 e. The molecular formula is C30H32F6O4S. The first-order valence-electron chi connectivity index (χ1n) is 13.9. The quantitative estimate of drug-likeness (QED) is 0.229. The van der Waals surface area contributed by atoms with Crippen LogP contribution in [0, 0.1) is 29.3 Å². The topological polar surface area (TPSA) is 36.9 Å². The summed E-state index contributed by atoms with van der Waals surface area (Å²) in [6.07, 6.45) is 0.823. The highest BCUT2D eigenvalue weighted by molar-refractivity contribution is 7.19. The molecule has 2 heterocycles. The first-order chi connectivity index (χ1) is 19.6. The van der Waals surface area contributed by atoms with E-state index in [9.17, 15) is 22.0 Å². The number of benzene rings is 2. The van der Waals surface area contributed by atoms with Crippen LogP contribution in [0.2, 0.25) is 0 Å². The zero-order valence-electron chi connectivity index (χ0n) is 22.6. The van der Waals surface area contributed by atoms with Gasteiger partial charge in [0, 0.05) is 27.1 Å². The minimum atomic E-state index is -5.21. The standard InChI is InChI=1S/C30H32F6O4S/c1-2-11-37-20-9-10-23-26(14-20)41-29(27(23)33)18-5-3-17(4-6-18)19-7-8-21(38-15-19)16-39-22-12-24(31)28(25(32)13-22)40-30(34,35)36/h9-10,12-14,17-19,21H,2-8,11,15-16H2,1H3. The average molecular weight is 603 g/mol. The molecule has 0 spiro atoms. The van der Waals surface area contributed by atoms with Gasteiger partial charge in [0.15, 0.2) is 11.6 Å². The number of alkyl halides is 3. The lowest BCUT2D eigenvalue weighted by Gasteiger charge is -2.37. The third kappa shape index (κ3) is 7.23. The highest BCUT2D eigenvalue weighted by atomic mass is 32.1. The highest BCUT2D eigenvalue weighted by Crippen LogP contribution is 2.46. The molecule has 3 aromatic rings. The monoisotopic (exact) mass is 602 g/mol. The van der Waals surface area contributed by atoms with Gasteiger partial charge in [-0.1, -0.05) is 6.92 Å². The van der Waals surface area contributed by atoms with Gasteiger partial charge in [0.05, 0.1) is 19.3 Å². The molecule has 5 rings (SSSR count). The van der Waals surface area contributed by atoms with E-state index in [0.717, 1.165) is 53.9 Å². The number of rotatable bonds is 9. The van der Waals surface area contributed by atoms with Crippen LogP contribution in [-0.2, 0) is 4.74 Å². The summed E-state index contributed by atoms with van der Waals surface area (Å²) < 4.78 is 102. The maximum absolute atomic E-state index is 15.3. The number of thiophene rings is 1. The maximum Gasteiger partial charge on any atom is 0.573 e. The van der Waals surface area contributed by atoms with Gasteiger partial charge >= 0.3 is 6.36 Å². The van der Waals surface area contributed by atoms with Crippen molar-refractivity contribution in [1.82, 2.24) is 0 Å². The predicted molar refractivity (Wildman–Crippen MR) is 143 cm³/mol. The van der Waals surface area contributed by atoms with Crippen LogP contribution < -0.4 is 14.2 Å². The fourth-order valence-electron chi connectivity index (χ4n) is 5.84. The van der Waals surface area contributed by atoms with Crippen LogP contribution in [0.5, 0.6) is 17.2 Å². The molecule has 2 unspecified atom stereocenters. The van der Waals surface area contributed by atoms with Gasteiger partial charge in [-0.25, -0.2) is 13.2 Å². The Morgan fingerprint density at radius 1 is 0.878 bits per heavy atom. The predicted octanol–water partition coefficient (Wildman–Crippen LogP) is 9.15. The van der Waals surface area contributed by atoms with Gasteiger partial charge in [-0.3, -0.25) is 0 Å². The first-order valence-corrected chi connectivity index (χ1v) is 14.8. The third-order valence-corrected chi connectivity index (χ3v) is 9.23. The molecular weight excluding hydrogens is 570 g/mol. The molecule has 1 saturated heterocycles. The maximum atomic E-state index is 15.3. The van der Waals surface area contributed by atoms with Crippen molar-refractivity contribution in [2.45, 2.75) is 70.3 Å². The first kappa shape index (κ1) is 29.8. The minimum absolute atomic E-state index is 0.0221. The number of hydrogen-bond donors (Lipinski definition) is 0. The second-order valence-corrected chi connectivity index (χ2v) is 11.8. The summed E-state index contributed by atoms with van der Waals surface area (Å²) in [5.41, 5.74) is 0. The Balaban J connectivity index is 1.09. The molecule has 1 aliphatic heterocycles. The van der Waals surface area contributed by atoms with E-state index in [1.165, 1.54) is 11.3 Å².